The lowest BCUT2D eigenvalue weighted by Gasteiger charge is -2.36. The summed E-state index contributed by atoms with van der Waals surface area (Å²) in [5.74, 6) is 0.312. The molecular weight excluding hydrogens is 288 g/mol. The van der Waals surface area contributed by atoms with E-state index in [1.165, 1.54) is 37.7 Å². The maximum atomic E-state index is 12.4. The molecule has 21 heavy (non-hydrogen) atoms. The Kier molecular flexibility index (Phi) is 4.14. The molecule has 1 aliphatic heterocycles. The van der Waals surface area contributed by atoms with Gasteiger partial charge in [0.15, 0.2) is 0 Å². The average Bonchev–Trinajstić information content (AvgIpc) is 3.05. The van der Waals surface area contributed by atoms with Gasteiger partial charge in [0.05, 0.1) is 17.7 Å². The highest BCUT2D eigenvalue weighted by molar-refractivity contribution is 7.14. The number of amides is 2. The summed E-state index contributed by atoms with van der Waals surface area (Å²) in [6, 6.07) is 2.03. The first kappa shape index (κ1) is 14.4. The van der Waals surface area contributed by atoms with Gasteiger partial charge < -0.3 is 9.64 Å². The summed E-state index contributed by atoms with van der Waals surface area (Å²) in [4.78, 5) is 25.8. The van der Waals surface area contributed by atoms with Gasteiger partial charge in [0.25, 0.3) is 0 Å². The van der Waals surface area contributed by atoms with E-state index in [2.05, 4.69) is 10.1 Å². The van der Waals surface area contributed by atoms with Gasteiger partial charge in [-0.2, -0.15) is 0 Å². The number of anilines is 1. The molecule has 1 aliphatic carbocycles. The van der Waals surface area contributed by atoms with Crippen LogP contribution in [0, 0.1) is 5.92 Å². The van der Waals surface area contributed by atoms with E-state index in [4.69, 9.17) is 0 Å². The van der Waals surface area contributed by atoms with Crippen LogP contribution in [0.15, 0.2) is 11.4 Å². The van der Waals surface area contributed by atoms with E-state index >= 15 is 0 Å². The molecule has 2 amide bonds. The summed E-state index contributed by atoms with van der Waals surface area (Å²) in [7, 11) is 1.35. The largest absolute Gasteiger partial charge is 0.465 e. The zero-order chi connectivity index (χ0) is 14.8. The quantitative estimate of drug-likeness (QED) is 0.871. The second-order valence-corrected chi connectivity index (χ2v) is 6.63. The smallest absolute Gasteiger partial charge is 0.338 e. The molecule has 2 fully saturated rings. The zero-order valence-electron chi connectivity index (χ0n) is 12.1. The van der Waals surface area contributed by atoms with Crippen molar-refractivity contribution in [1.82, 2.24) is 4.90 Å². The lowest BCUT2D eigenvalue weighted by atomic mass is 9.79. The molecule has 0 bridgehead atoms. The highest BCUT2D eigenvalue weighted by Gasteiger charge is 2.37. The molecule has 1 unspecified atom stereocenters. The van der Waals surface area contributed by atoms with Crippen molar-refractivity contribution in [2.24, 2.45) is 5.92 Å². The summed E-state index contributed by atoms with van der Waals surface area (Å²) < 4.78 is 4.67. The van der Waals surface area contributed by atoms with Crippen LogP contribution < -0.4 is 5.32 Å². The summed E-state index contributed by atoms with van der Waals surface area (Å²) >= 11 is 1.35. The van der Waals surface area contributed by atoms with Gasteiger partial charge in [0.2, 0.25) is 0 Å². The van der Waals surface area contributed by atoms with E-state index in [9.17, 15) is 9.59 Å². The Balaban J connectivity index is 1.62. The highest BCUT2D eigenvalue weighted by atomic mass is 32.1. The van der Waals surface area contributed by atoms with Gasteiger partial charge >= 0.3 is 12.0 Å². The molecule has 0 aromatic carbocycles. The fourth-order valence-electron chi connectivity index (χ4n) is 3.16. The van der Waals surface area contributed by atoms with Gasteiger partial charge in [-0.25, -0.2) is 9.59 Å². The Bertz CT molecular complexity index is 539. The van der Waals surface area contributed by atoms with Crippen molar-refractivity contribution in [3.05, 3.63) is 17.0 Å². The third kappa shape index (κ3) is 2.90. The molecular formula is C15H20N2O3S. The van der Waals surface area contributed by atoms with Crippen LogP contribution >= 0.6 is 11.3 Å². The number of carbonyl (C=O) groups is 2. The second-order valence-electron chi connectivity index (χ2n) is 5.72. The summed E-state index contributed by atoms with van der Waals surface area (Å²) in [6.45, 7) is 0.836. The molecule has 6 heteroatoms. The molecule has 5 nitrogen and oxygen atoms in total. The van der Waals surface area contributed by atoms with Gasteiger partial charge in [0.1, 0.15) is 0 Å². The molecule has 2 heterocycles. The zero-order valence-corrected chi connectivity index (χ0v) is 12.9. The monoisotopic (exact) mass is 308 g/mol. The number of hydrogen-bond acceptors (Lipinski definition) is 4. The Morgan fingerprint density at radius 2 is 2.14 bits per heavy atom. The number of thiophene rings is 1. The minimum atomic E-state index is -0.375. The van der Waals surface area contributed by atoms with Crippen LogP contribution in [0.25, 0.3) is 0 Å². The van der Waals surface area contributed by atoms with Gasteiger partial charge in [-0.05, 0) is 37.7 Å². The number of carbonyl (C=O) groups excluding carboxylic acids is 2. The van der Waals surface area contributed by atoms with Gasteiger partial charge in [-0.3, -0.25) is 5.32 Å². The summed E-state index contributed by atoms with van der Waals surface area (Å²) in [5, 5.41) is 5.31. The van der Waals surface area contributed by atoms with Crippen molar-refractivity contribution in [3.8, 4) is 0 Å². The fraction of sp³-hybridized carbons (Fsp3) is 0.600. The van der Waals surface area contributed by atoms with Crippen LogP contribution in [0.3, 0.4) is 0 Å². The van der Waals surface area contributed by atoms with Crippen molar-refractivity contribution in [2.45, 2.75) is 38.1 Å². The standard InChI is InChI=1S/C15H20N2O3S/c1-20-14(18)11-8-13(21-9-11)16-15(19)17-7-3-6-12(17)10-4-2-5-10/h8-10,12H,2-7H2,1H3,(H,16,19). The summed E-state index contributed by atoms with van der Waals surface area (Å²) in [6.07, 6.45) is 6.01. The van der Waals surface area contributed by atoms with Crippen LogP contribution in [-0.2, 0) is 4.74 Å². The number of urea groups is 1. The first-order valence-electron chi connectivity index (χ1n) is 7.43. The number of ether oxygens (including phenoxy) is 1. The topological polar surface area (TPSA) is 58.6 Å². The van der Waals surface area contributed by atoms with E-state index in [1.54, 1.807) is 11.4 Å². The number of esters is 1. The Hall–Kier alpha value is -1.56. The minimum absolute atomic E-state index is 0.0392. The number of nitrogens with zero attached hydrogens (tertiary/aromatic N) is 1. The van der Waals surface area contributed by atoms with Crippen LogP contribution in [0.2, 0.25) is 0 Å². The molecule has 0 spiro atoms. The predicted octanol–water partition coefficient (Wildman–Crippen LogP) is 3.33. The van der Waals surface area contributed by atoms with E-state index < -0.39 is 0 Å². The number of hydrogen-bond donors (Lipinski definition) is 1. The molecule has 1 atom stereocenters. The van der Waals surface area contributed by atoms with Crippen LogP contribution in [0.1, 0.15) is 42.5 Å². The molecule has 1 N–H and O–H groups in total. The van der Waals surface area contributed by atoms with Crippen molar-refractivity contribution >= 4 is 28.3 Å². The number of likely N-dealkylation sites (tertiary alicyclic amines) is 1. The van der Waals surface area contributed by atoms with Crippen molar-refractivity contribution in [3.63, 3.8) is 0 Å². The summed E-state index contributed by atoms with van der Waals surface area (Å²) in [5.41, 5.74) is 0.481. The second kappa shape index (κ2) is 6.05. The normalized spacial score (nSPS) is 22.0. The van der Waals surface area contributed by atoms with Gasteiger partial charge in [-0.15, -0.1) is 11.3 Å². The van der Waals surface area contributed by atoms with Crippen LogP contribution in [0.4, 0.5) is 9.80 Å². The first-order valence-corrected chi connectivity index (χ1v) is 8.31. The van der Waals surface area contributed by atoms with Gasteiger partial charge in [-0.1, -0.05) is 6.42 Å². The molecule has 114 valence electrons. The maximum absolute atomic E-state index is 12.4. The molecule has 0 radical (unpaired) electrons. The van der Waals surface area contributed by atoms with Crippen LogP contribution in [0.5, 0.6) is 0 Å². The van der Waals surface area contributed by atoms with E-state index in [-0.39, 0.29) is 12.0 Å². The van der Waals surface area contributed by atoms with Crippen molar-refractivity contribution in [1.29, 1.82) is 0 Å². The van der Waals surface area contributed by atoms with E-state index in [1.807, 2.05) is 4.90 Å². The number of rotatable bonds is 3. The van der Waals surface area contributed by atoms with Crippen molar-refractivity contribution < 1.29 is 14.3 Å². The van der Waals surface area contributed by atoms with Crippen molar-refractivity contribution in [2.75, 3.05) is 19.0 Å². The van der Waals surface area contributed by atoms with Crippen LogP contribution in [-0.4, -0.2) is 36.6 Å². The molecule has 1 aromatic rings. The predicted molar refractivity (Wildman–Crippen MR) is 81.7 cm³/mol. The molecule has 2 aliphatic rings. The number of nitrogens with one attached hydrogen (secondary N) is 1. The highest BCUT2D eigenvalue weighted by Crippen LogP contribution is 2.37. The Morgan fingerprint density at radius 1 is 1.33 bits per heavy atom. The molecule has 1 saturated carbocycles. The lowest BCUT2D eigenvalue weighted by Crippen LogP contribution is -2.44. The third-order valence-corrected chi connectivity index (χ3v) is 5.35. The average molecular weight is 308 g/mol. The minimum Gasteiger partial charge on any atom is -0.465 e. The molecule has 3 rings (SSSR count). The molecule has 1 saturated heterocycles. The van der Waals surface area contributed by atoms with E-state index in [0.29, 0.717) is 22.5 Å². The van der Waals surface area contributed by atoms with E-state index in [0.717, 1.165) is 19.4 Å². The lowest BCUT2D eigenvalue weighted by molar-refractivity contribution is 0.0601. The Labute approximate surface area is 128 Å². The fourth-order valence-corrected chi connectivity index (χ4v) is 3.92. The SMILES string of the molecule is COC(=O)c1csc(NC(=O)N2CCCC2C2CCC2)c1. The Morgan fingerprint density at radius 3 is 2.81 bits per heavy atom. The molecule has 1 aromatic heterocycles. The first-order chi connectivity index (χ1) is 10.2. The van der Waals surface area contributed by atoms with Gasteiger partial charge in [0, 0.05) is 18.0 Å². The maximum Gasteiger partial charge on any atom is 0.338 e. The third-order valence-electron chi connectivity index (χ3n) is 4.50. The number of methoxy groups -OCH3 is 1.